The number of fused-ring (bicyclic) bond motifs is 1. The van der Waals surface area contributed by atoms with E-state index < -0.39 is 5.97 Å². The third-order valence-corrected chi connectivity index (χ3v) is 4.19. The summed E-state index contributed by atoms with van der Waals surface area (Å²) in [5.74, 6) is -0.514. The zero-order valence-electron chi connectivity index (χ0n) is 11.0. The number of H-pyrrole nitrogens is 1. The standard InChI is InChI=1S/C14H14BrNO3/c1-4-19-14(18)10-6-11(17)12-8(3)13(15)7(2)5-9(12)16-10/h5-6H,4H2,1-3H3,(H,16,17). The highest BCUT2D eigenvalue weighted by molar-refractivity contribution is 9.10. The maximum atomic E-state index is 12.1. The SMILES string of the molecule is CCOC(=O)c1cc(=O)c2c(C)c(Br)c(C)cc2[nH]1. The molecule has 5 heteroatoms. The lowest BCUT2D eigenvalue weighted by atomic mass is 10.1. The highest BCUT2D eigenvalue weighted by atomic mass is 79.9. The molecule has 0 spiro atoms. The van der Waals surface area contributed by atoms with E-state index in [4.69, 9.17) is 4.74 Å². The fraction of sp³-hybridized carbons (Fsp3) is 0.286. The molecule has 0 bridgehead atoms. The number of aromatic nitrogens is 1. The number of halogens is 1. The van der Waals surface area contributed by atoms with E-state index in [9.17, 15) is 9.59 Å². The Labute approximate surface area is 118 Å². The topological polar surface area (TPSA) is 59.2 Å². The summed E-state index contributed by atoms with van der Waals surface area (Å²) < 4.78 is 5.81. The van der Waals surface area contributed by atoms with Gasteiger partial charge in [0, 0.05) is 15.9 Å². The Morgan fingerprint density at radius 3 is 2.68 bits per heavy atom. The third kappa shape index (κ3) is 2.42. The van der Waals surface area contributed by atoms with Crippen molar-refractivity contribution in [2.45, 2.75) is 20.8 Å². The molecule has 1 aromatic heterocycles. The fourth-order valence-corrected chi connectivity index (χ4v) is 2.39. The van der Waals surface area contributed by atoms with Gasteiger partial charge in [-0.3, -0.25) is 4.79 Å². The van der Waals surface area contributed by atoms with E-state index >= 15 is 0 Å². The average molecular weight is 324 g/mol. The van der Waals surface area contributed by atoms with E-state index in [-0.39, 0.29) is 17.7 Å². The number of pyridine rings is 1. The summed E-state index contributed by atoms with van der Waals surface area (Å²) in [6, 6.07) is 3.13. The van der Waals surface area contributed by atoms with Gasteiger partial charge in [-0.1, -0.05) is 15.9 Å². The summed E-state index contributed by atoms with van der Waals surface area (Å²) in [4.78, 5) is 26.8. The van der Waals surface area contributed by atoms with Crippen LogP contribution < -0.4 is 5.43 Å². The summed E-state index contributed by atoms with van der Waals surface area (Å²) >= 11 is 3.46. The lowest BCUT2D eigenvalue weighted by Crippen LogP contribution is -2.13. The van der Waals surface area contributed by atoms with E-state index in [1.54, 1.807) is 6.92 Å². The molecule has 4 nitrogen and oxygen atoms in total. The molecule has 0 aliphatic heterocycles. The Hall–Kier alpha value is -1.62. The average Bonchev–Trinajstić information content (AvgIpc) is 2.35. The predicted molar refractivity (Wildman–Crippen MR) is 77.7 cm³/mol. The van der Waals surface area contributed by atoms with Gasteiger partial charge in [0.25, 0.3) is 0 Å². The van der Waals surface area contributed by atoms with Crippen LogP contribution in [-0.2, 0) is 4.74 Å². The van der Waals surface area contributed by atoms with Crippen molar-refractivity contribution < 1.29 is 9.53 Å². The Balaban J connectivity index is 2.75. The Bertz CT molecular complexity index is 719. The van der Waals surface area contributed by atoms with Crippen LogP contribution in [0.2, 0.25) is 0 Å². The van der Waals surface area contributed by atoms with Crippen LogP contribution in [0, 0.1) is 13.8 Å². The van der Waals surface area contributed by atoms with Crippen molar-refractivity contribution in [1.82, 2.24) is 4.98 Å². The van der Waals surface area contributed by atoms with Gasteiger partial charge in [-0.25, -0.2) is 4.79 Å². The molecule has 1 heterocycles. The summed E-state index contributed by atoms with van der Waals surface area (Å²) in [6.07, 6.45) is 0. The lowest BCUT2D eigenvalue weighted by Gasteiger charge is -2.09. The summed E-state index contributed by atoms with van der Waals surface area (Å²) in [6.45, 7) is 5.81. The van der Waals surface area contributed by atoms with Crippen molar-refractivity contribution in [1.29, 1.82) is 0 Å². The van der Waals surface area contributed by atoms with Gasteiger partial charge in [0.05, 0.1) is 12.1 Å². The highest BCUT2D eigenvalue weighted by Crippen LogP contribution is 2.26. The zero-order chi connectivity index (χ0) is 14.2. The summed E-state index contributed by atoms with van der Waals surface area (Å²) in [5, 5.41) is 0.588. The molecular formula is C14H14BrNO3. The molecule has 19 heavy (non-hydrogen) atoms. The second kappa shape index (κ2) is 5.17. The minimum absolute atomic E-state index is 0.181. The van der Waals surface area contributed by atoms with Crippen molar-refractivity contribution in [3.63, 3.8) is 0 Å². The highest BCUT2D eigenvalue weighted by Gasteiger charge is 2.14. The maximum absolute atomic E-state index is 12.1. The van der Waals surface area contributed by atoms with Crippen LogP contribution in [0.15, 0.2) is 21.4 Å². The van der Waals surface area contributed by atoms with Crippen molar-refractivity contribution in [3.8, 4) is 0 Å². The van der Waals surface area contributed by atoms with Gasteiger partial charge in [-0.05, 0) is 38.0 Å². The van der Waals surface area contributed by atoms with E-state index in [1.807, 2.05) is 19.9 Å². The maximum Gasteiger partial charge on any atom is 0.354 e. The number of benzene rings is 1. The lowest BCUT2D eigenvalue weighted by molar-refractivity contribution is 0.0520. The number of aromatic amines is 1. The van der Waals surface area contributed by atoms with Gasteiger partial charge in [-0.15, -0.1) is 0 Å². The van der Waals surface area contributed by atoms with Gasteiger partial charge >= 0.3 is 5.97 Å². The Kier molecular flexibility index (Phi) is 3.75. The molecule has 0 radical (unpaired) electrons. The zero-order valence-corrected chi connectivity index (χ0v) is 12.6. The molecule has 0 amide bonds. The fourth-order valence-electron chi connectivity index (χ4n) is 2.08. The van der Waals surface area contributed by atoms with Crippen LogP contribution in [-0.4, -0.2) is 17.6 Å². The Morgan fingerprint density at radius 2 is 2.05 bits per heavy atom. The number of nitrogens with one attached hydrogen (secondary N) is 1. The van der Waals surface area contributed by atoms with Crippen LogP contribution in [0.3, 0.4) is 0 Å². The van der Waals surface area contributed by atoms with Crippen LogP contribution >= 0.6 is 15.9 Å². The number of hydrogen-bond donors (Lipinski definition) is 1. The van der Waals surface area contributed by atoms with Crippen molar-refractivity contribution in [2.75, 3.05) is 6.61 Å². The summed E-state index contributed by atoms with van der Waals surface area (Å²) in [5.41, 5.74) is 2.51. The molecule has 0 aliphatic rings. The molecule has 0 saturated carbocycles. The van der Waals surface area contributed by atoms with E-state index in [0.29, 0.717) is 10.9 Å². The molecule has 0 unspecified atom stereocenters. The number of ether oxygens (including phenoxy) is 1. The molecule has 0 atom stereocenters. The van der Waals surface area contributed by atoms with E-state index in [0.717, 1.165) is 15.6 Å². The first-order valence-corrected chi connectivity index (χ1v) is 6.74. The van der Waals surface area contributed by atoms with Gasteiger partial charge in [0.15, 0.2) is 5.43 Å². The van der Waals surface area contributed by atoms with Crippen LogP contribution in [0.5, 0.6) is 0 Å². The van der Waals surface area contributed by atoms with E-state index in [2.05, 4.69) is 20.9 Å². The normalized spacial score (nSPS) is 10.7. The van der Waals surface area contributed by atoms with Crippen molar-refractivity contribution in [3.05, 3.63) is 43.6 Å². The van der Waals surface area contributed by atoms with Gasteiger partial charge in [0.1, 0.15) is 5.69 Å². The minimum atomic E-state index is -0.514. The largest absolute Gasteiger partial charge is 0.461 e. The van der Waals surface area contributed by atoms with Gasteiger partial charge in [-0.2, -0.15) is 0 Å². The molecular weight excluding hydrogens is 310 g/mol. The number of esters is 1. The Morgan fingerprint density at radius 1 is 1.37 bits per heavy atom. The number of carbonyl (C=O) groups excluding carboxylic acids is 1. The van der Waals surface area contributed by atoms with E-state index in [1.165, 1.54) is 6.07 Å². The molecule has 0 saturated heterocycles. The second-order valence-corrected chi connectivity index (χ2v) is 5.12. The predicted octanol–water partition coefficient (Wildman–Crippen LogP) is 3.08. The smallest absolute Gasteiger partial charge is 0.354 e. The summed E-state index contributed by atoms with van der Waals surface area (Å²) in [7, 11) is 0. The number of carbonyl (C=O) groups is 1. The molecule has 0 aliphatic carbocycles. The van der Waals surface area contributed by atoms with Gasteiger partial charge in [0.2, 0.25) is 0 Å². The van der Waals surface area contributed by atoms with Crippen LogP contribution in [0.25, 0.3) is 10.9 Å². The third-order valence-electron chi connectivity index (χ3n) is 2.97. The first kappa shape index (κ1) is 13.8. The monoisotopic (exact) mass is 323 g/mol. The van der Waals surface area contributed by atoms with Crippen molar-refractivity contribution >= 4 is 32.8 Å². The van der Waals surface area contributed by atoms with Crippen LogP contribution in [0.4, 0.5) is 0 Å². The molecule has 2 aromatic rings. The molecule has 0 fully saturated rings. The number of aryl methyl sites for hydroxylation is 2. The first-order chi connectivity index (χ1) is 8.95. The molecule has 100 valence electrons. The number of rotatable bonds is 2. The quantitative estimate of drug-likeness (QED) is 0.864. The van der Waals surface area contributed by atoms with Gasteiger partial charge < -0.3 is 9.72 Å². The van der Waals surface area contributed by atoms with Crippen molar-refractivity contribution in [2.24, 2.45) is 0 Å². The molecule has 1 aromatic carbocycles. The molecule has 2 rings (SSSR count). The van der Waals surface area contributed by atoms with Crippen LogP contribution in [0.1, 0.15) is 28.5 Å². The second-order valence-electron chi connectivity index (χ2n) is 4.32. The first-order valence-electron chi connectivity index (χ1n) is 5.95. The minimum Gasteiger partial charge on any atom is -0.461 e. The number of hydrogen-bond acceptors (Lipinski definition) is 3. The molecule has 1 N–H and O–H groups in total.